The summed E-state index contributed by atoms with van der Waals surface area (Å²) in [6, 6.07) is 12.1. The van der Waals surface area contributed by atoms with E-state index in [9.17, 15) is 9.18 Å². The quantitative estimate of drug-likeness (QED) is 0.318. The second-order valence-electron chi connectivity index (χ2n) is 7.99. The molecule has 9 nitrogen and oxygen atoms in total. The normalized spacial score (nSPS) is 13.6. The molecule has 1 fully saturated rings. The van der Waals surface area contributed by atoms with Crippen molar-refractivity contribution in [3.8, 4) is 5.75 Å². The van der Waals surface area contributed by atoms with E-state index in [4.69, 9.17) is 16.3 Å². The number of benzene rings is 2. The molecule has 0 unspecified atom stereocenters. The third-order valence-corrected chi connectivity index (χ3v) is 6.07. The molecule has 0 bridgehead atoms. The lowest BCUT2D eigenvalue weighted by Gasteiger charge is -2.30. The van der Waals surface area contributed by atoms with Gasteiger partial charge < -0.3 is 25.6 Å². The minimum atomic E-state index is -0.597. The fraction of sp³-hybridized carbons (Fsp3) is 0.208. The van der Waals surface area contributed by atoms with Gasteiger partial charge in [-0.1, -0.05) is 17.7 Å². The SMILES string of the molecule is COc1cc(N2CCNCC2)ccc1Nc1nc(Nc2cccc(Cl)c2F)cc2cn[nH]c(=O)c12. The number of hydrogen-bond acceptors (Lipinski definition) is 8. The fourth-order valence-corrected chi connectivity index (χ4v) is 4.22. The first kappa shape index (κ1) is 22.9. The lowest BCUT2D eigenvalue weighted by molar-refractivity contribution is 0.416. The average Bonchev–Trinajstić information content (AvgIpc) is 2.87. The van der Waals surface area contributed by atoms with Crippen LogP contribution in [0.1, 0.15) is 0 Å². The maximum atomic E-state index is 14.5. The molecule has 4 N–H and O–H groups in total. The van der Waals surface area contributed by atoms with E-state index in [1.807, 2.05) is 18.2 Å². The van der Waals surface area contributed by atoms with E-state index in [1.165, 1.54) is 12.3 Å². The van der Waals surface area contributed by atoms with Crippen molar-refractivity contribution in [3.63, 3.8) is 0 Å². The molecule has 11 heteroatoms. The first-order valence-electron chi connectivity index (χ1n) is 11.0. The Hall–Kier alpha value is -3.89. The summed E-state index contributed by atoms with van der Waals surface area (Å²) in [6.07, 6.45) is 1.51. The highest BCUT2D eigenvalue weighted by atomic mass is 35.5. The van der Waals surface area contributed by atoms with E-state index in [0.717, 1.165) is 31.9 Å². The average molecular weight is 496 g/mol. The topological polar surface area (TPSA) is 107 Å². The van der Waals surface area contributed by atoms with Crippen LogP contribution in [0, 0.1) is 5.82 Å². The number of H-pyrrole nitrogens is 1. The lowest BCUT2D eigenvalue weighted by atomic mass is 10.2. The number of pyridine rings is 1. The van der Waals surface area contributed by atoms with Gasteiger partial charge in [-0.3, -0.25) is 4.79 Å². The molecule has 180 valence electrons. The van der Waals surface area contributed by atoms with Crippen molar-refractivity contribution in [3.05, 3.63) is 69.9 Å². The standard InChI is InChI=1S/C24H23ClFN7O2/c1-35-19-12-15(33-9-7-27-8-10-33)5-6-17(19)30-23-21-14(13-28-32-24(21)34)11-20(31-23)29-18-4-2-3-16(25)22(18)26/h2-6,11-13,27H,7-10H2,1H3,(H,32,34)(H2,29,30,31). The number of nitrogens with one attached hydrogen (secondary N) is 4. The Morgan fingerprint density at radius 2 is 1.94 bits per heavy atom. The molecule has 0 atom stereocenters. The molecule has 0 aliphatic carbocycles. The smallest absolute Gasteiger partial charge is 0.275 e. The largest absolute Gasteiger partial charge is 0.494 e. The minimum Gasteiger partial charge on any atom is -0.494 e. The van der Waals surface area contributed by atoms with Gasteiger partial charge in [0.05, 0.1) is 35.1 Å². The Bertz CT molecular complexity index is 1440. The number of anilines is 5. The number of hydrogen-bond donors (Lipinski definition) is 4. The molecule has 4 aromatic rings. The van der Waals surface area contributed by atoms with Crippen LogP contribution in [0.2, 0.25) is 5.02 Å². The van der Waals surface area contributed by atoms with Crippen molar-refractivity contribution in [2.24, 2.45) is 0 Å². The van der Waals surface area contributed by atoms with E-state index < -0.39 is 11.4 Å². The van der Waals surface area contributed by atoms with Crippen molar-refractivity contribution < 1.29 is 9.13 Å². The predicted octanol–water partition coefficient (Wildman–Crippen LogP) is 4.02. The van der Waals surface area contributed by atoms with E-state index >= 15 is 0 Å². The molecule has 2 aromatic heterocycles. The summed E-state index contributed by atoms with van der Waals surface area (Å²) in [5.74, 6) is 0.578. The van der Waals surface area contributed by atoms with Crippen molar-refractivity contribution in [1.82, 2.24) is 20.5 Å². The third kappa shape index (κ3) is 4.71. The highest BCUT2D eigenvalue weighted by molar-refractivity contribution is 6.31. The Labute approximate surface area is 205 Å². The van der Waals surface area contributed by atoms with Crippen LogP contribution >= 0.6 is 11.6 Å². The van der Waals surface area contributed by atoms with Crippen LogP contribution in [0.5, 0.6) is 5.75 Å². The summed E-state index contributed by atoms with van der Waals surface area (Å²) in [5.41, 5.74) is 1.42. The minimum absolute atomic E-state index is 0.0124. The Morgan fingerprint density at radius 1 is 1.11 bits per heavy atom. The summed E-state index contributed by atoms with van der Waals surface area (Å²) in [7, 11) is 1.59. The number of piperazine rings is 1. The van der Waals surface area contributed by atoms with Crippen molar-refractivity contribution in [2.45, 2.75) is 0 Å². The van der Waals surface area contributed by atoms with E-state index in [0.29, 0.717) is 28.0 Å². The van der Waals surface area contributed by atoms with E-state index in [-0.39, 0.29) is 16.5 Å². The van der Waals surface area contributed by atoms with Crippen LogP contribution in [-0.2, 0) is 0 Å². The van der Waals surface area contributed by atoms with Crippen LogP contribution in [-0.4, -0.2) is 48.5 Å². The number of nitrogens with zero attached hydrogens (tertiary/aromatic N) is 3. The second-order valence-corrected chi connectivity index (χ2v) is 8.40. The second kappa shape index (κ2) is 9.77. The number of aromatic nitrogens is 3. The lowest BCUT2D eigenvalue weighted by Crippen LogP contribution is -2.43. The molecule has 0 amide bonds. The first-order chi connectivity index (χ1) is 17.0. The third-order valence-electron chi connectivity index (χ3n) is 5.78. The van der Waals surface area contributed by atoms with Crippen LogP contribution in [0.3, 0.4) is 0 Å². The summed E-state index contributed by atoms with van der Waals surface area (Å²) >= 11 is 5.91. The van der Waals surface area contributed by atoms with Crippen LogP contribution < -0.4 is 31.1 Å². The van der Waals surface area contributed by atoms with Gasteiger partial charge in [-0.2, -0.15) is 5.10 Å². The summed E-state index contributed by atoms with van der Waals surface area (Å²) < 4.78 is 20.1. The van der Waals surface area contributed by atoms with E-state index in [2.05, 4.69) is 36.0 Å². The Balaban J connectivity index is 1.54. The molecule has 2 aromatic carbocycles. The van der Waals surface area contributed by atoms with Gasteiger partial charge in [0.25, 0.3) is 5.56 Å². The van der Waals surface area contributed by atoms with Crippen molar-refractivity contribution in [1.29, 1.82) is 0 Å². The van der Waals surface area contributed by atoms with Crippen LogP contribution in [0.25, 0.3) is 10.8 Å². The van der Waals surface area contributed by atoms with Crippen molar-refractivity contribution >= 4 is 51.1 Å². The monoisotopic (exact) mass is 495 g/mol. The molecule has 5 rings (SSSR count). The molecule has 1 aliphatic rings. The van der Waals surface area contributed by atoms with E-state index in [1.54, 1.807) is 25.3 Å². The molecule has 3 heterocycles. The molecule has 0 spiro atoms. The van der Waals surface area contributed by atoms with Gasteiger partial charge in [0, 0.05) is 43.3 Å². The maximum Gasteiger partial charge on any atom is 0.275 e. The molecule has 0 radical (unpaired) electrons. The number of ether oxygens (including phenoxy) is 1. The zero-order valence-electron chi connectivity index (χ0n) is 18.9. The van der Waals surface area contributed by atoms with Crippen molar-refractivity contribution in [2.75, 3.05) is 48.8 Å². The number of methoxy groups -OCH3 is 1. The van der Waals surface area contributed by atoms with Gasteiger partial charge in [-0.25, -0.2) is 14.5 Å². The Morgan fingerprint density at radius 3 is 2.74 bits per heavy atom. The maximum absolute atomic E-state index is 14.5. The first-order valence-corrected chi connectivity index (χ1v) is 11.4. The fourth-order valence-electron chi connectivity index (χ4n) is 4.04. The number of rotatable bonds is 6. The predicted molar refractivity (Wildman–Crippen MR) is 136 cm³/mol. The van der Waals surface area contributed by atoms with Crippen LogP contribution in [0.15, 0.2) is 53.5 Å². The number of fused-ring (bicyclic) bond motifs is 1. The molecule has 1 aliphatic heterocycles. The molecular weight excluding hydrogens is 473 g/mol. The van der Waals surface area contributed by atoms with Gasteiger partial charge in [0.15, 0.2) is 5.82 Å². The molecule has 35 heavy (non-hydrogen) atoms. The zero-order chi connectivity index (χ0) is 24.4. The van der Waals surface area contributed by atoms with Gasteiger partial charge in [0.2, 0.25) is 0 Å². The van der Waals surface area contributed by atoms with Gasteiger partial charge in [0.1, 0.15) is 17.4 Å². The Kier molecular flexibility index (Phi) is 6.39. The highest BCUT2D eigenvalue weighted by Gasteiger charge is 2.17. The highest BCUT2D eigenvalue weighted by Crippen LogP contribution is 2.34. The molecular formula is C24H23ClFN7O2. The van der Waals surface area contributed by atoms with Gasteiger partial charge in [-0.15, -0.1) is 0 Å². The van der Waals surface area contributed by atoms with Gasteiger partial charge >= 0.3 is 0 Å². The molecule has 0 saturated carbocycles. The summed E-state index contributed by atoms with van der Waals surface area (Å²) in [6.45, 7) is 3.64. The summed E-state index contributed by atoms with van der Waals surface area (Å²) in [5, 5.41) is 16.6. The summed E-state index contributed by atoms with van der Waals surface area (Å²) in [4.78, 5) is 19.5. The molecule has 1 saturated heterocycles. The zero-order valence-corrected chi connectivity index (χ0v) is 19.6. The van der Waals surface area contributed by atoms with Gasteiger partial charge in [-0.05, 0) is 30.3 Å². The van der Waals surface area contributed by atoms with Crippen LogP contribution in [0.4, 0.5) is 33.1 Å². The number of halogens is 2. The number of aromatic amines is 1.